The largest absolute Gasteiger partial charge is 0.383 e. The first kappa shape index (κ1) is 9.97. The molecule has 2 N–H and O–H groups in total. The summed E-state index contributed by atoms with van der Waals surface area (Å²) in [6.07, 6.45) is 4.21. The van der Waals surface area contributed by atoms with Gasteiger partial charge in [0.1, 0.15) is 5.82 Å². The van der Waals surface area contributed by atoms with Gasteiger partial charge in [-0.1, -0.05) is 28.9 Å². The predicted octanol–water partition coefficient (Wildman–Crippen LogP) is 2.94. The summed E-state index contributed by atoms with van der Waals surface area (Å²) < 4.78 is 0. The van der Waals surface area contributed by atoms with E-state index < -0.39 is 0 Å². The second-order valence-corrected chi connectivity index (χ2v) is 5.21. The zero-order chi connectivity index (χ0) is 10.1. The second-order valence-electron chi connectivity index (χ2n) is 4.04. The van der Waals surface area contributed by atoms with Gasteiger partial charge in [-0.2, -0.15) is 0 Å². The van der Waals surface area contributed by atoms with Gasteiger partial charge in [0.05, 0.1) is 0 Å². The van der Waals surface area contributed by atoms with Crippen molar-refractivity contribution in [2.24, 2.45) is 5.92 Å². The first-order valence-corrected chi connectivity index (χ1v) is 5.96. The van der Waals surface area contributed by atoms with Crippen molar-refractivity contribution < 1.29 is 0 Å². The zero-order valence-electron chi connectivity index (χ0n) is 8.28. The van der Waals surface area contributed by atoms with E-state index in [2.05, 4.69) is 33.9 Å². The molecule has 0 aromatic carbocycles. The first-order valence-electron chi connectivity index (χ1n) is 5.04. The number of nitrogens with zero attached hydrogens (tertiary/aromatic N) is 1. The number of hydrogen-bond donors (Lipinski definition) is 1. The molecule has 1 aromatic heterocycles. The average Bonchev–Trinajstić information content (AvgIpc) is 2.49. The maximum Gasteiger partial charge on any atom is 0.126 e. The van der Waals surface area contributed by atoms with Gasteiger partial charge in [-0.05, 0) is 36.3 Å². The van der Waals surface area contributed by atoms with Crippen LogP contribution in [0.15, 0.2) is 18.3 Å². The highest BCUT2D eigenvalue weighted by Gasteiger charge is 2.33. The Balaban J connectivity index is 2.28. The molecule has 0 amide bonds. The Kier molecular flexibility index (Phi) is 2.77. The van der Waals surface area contributed by atoms with Gasteiger partial charge in [0.2, 0.25) is 0 Å². The van der Waals surface area contributed by atoms with E-state index in [-0.39, 0.29) is 0 Å². The van der Waals surface area contributed by atoms with Crippen molar-refractivity contribution in [3.63, 3.8) is 0 Å². The van der Waals surface area contributed by atoms with Crippen molar-refractivity contribution >= 4 is 21.7 Å². The normalized spacial score (nSPS) is 32.0. The Morgan fingerprint density at radius 3 is 2.86 bits per heavy atom. The molecule has 1 aromatic rings. The Hall–Kier alpha value is -0.570. The van der Waals surface area contributed by atoms with E-state index in [4.69, 9.17) is 5.73 Å². The monoisotopic (exact) mass is 254 g/mol. The van der Waals surface area contributed by atoms with Crippen molar-refractivity contribution in [3.05, 3.63) is 23.9 Å². The molecule has 0 saturated heterocycles. The van der Waals surface area contributed by atoms with Crippen LogP contribution in [0.25, 0.3) is 0 Å². The number of nitrogen functional groups attached to an aromatic ring is 1. The van der Waals surface area contributed by atoms with Crippen LogP contribution in [-0.2, 0) is 0 Å². The summed E-state index contributed by atoms with van der Waals surface area (Å²) in [4.78, 5) is 4.78. The molecular weight excluding hydrogens is 240 g/mol. The Bertz CT molecular complexity index is 327. The SMILES string of the molecule is CC1C(Br)CCC1c1cccnc1N. The van der Waals surface area contributed by atoms with Gasteiger partial charge in [-0.25, -0.2) is 4.98 Å². The van der Waals surface area contributed by atoms with Gasteiger partial charge in [0.25, 0.3) is 0 Å². The van der Waals surface area contributed by atoms with Gasteiger partial charge < -0.3 is 5.73 Å². The zero-order valence-corrected chi connectivity index (χ0v) is 9.87. The molecule has 14 heavy (non-hydrogen) atoms. The Morgan fingerprint density at radius 2 is 2.29 bits per heavy atom. The molecule has 2 nitrogen and oxygen atoms in total. The summed E-state index contributed by atoms with van der Waals surface area (Å²) in [5.74, 6) is 1.93. The van der Waals surface area contributed by atoms with E-state index in [1.54, 1.807) is 6.20 Å². The molecule has 0 bridgehead atoms. The molecule has 3 unspecified atom stereocenters. The molecule has 1 aliphatic rings. The smallest absolute Gasteiger partial charge is 0.126 e. The Morgan fingerprint density at radius 1 is 1.50 bits per heavy atom. The molecule has 1 aliphatic carbocycles. The summed E-state index contributed by atoms with van der Waals surface area (Å²) in [6, 6.07) is 4.08. The summed E-state index contributed by atoms with van der Waals surface area (Å²) in [5, 5.41) is 0. The molecular formula is C11H15BrN2. The fourth-order valence-corrected chi connectivity index (χ4v) is 2.93. The first-order chi connectivity index (χ1) is 6.70. The lowest BCUT2D eigenvalue weighted by Gasteiger charge is -2.18. The minimum Gasteiger partial charge on any atom is -0.383 e. The van der Waals surface area contributed by atoms with Crippen molar-refractivity contribution in [2.45, 2.75) is 30.5 Å². The number of anilines is 1. The number of alkyl halides is 1. The minimum absolute atomic E-state index is 0.577. The molecule has 0 radical (unpaired) electrons. The highest BCUT2D eigenvalue weighted by molar-refractivity contribution is 9.09. The third-order valence-electron chi connectivity index (χ3n) is 3.23. The van der Waals surface area contributed by atoms with E-state index in [9.17, 15) is 0 Å². The summed E-state index contributed by atoms with van der Waals surface area (Å²) in [6.45, 7) is 2.28. The molecule has 76 valence electrons. The lowest BCUT2D eigenvalue weighted by atomic mass is 9.91. The van der Waals surface area contributed by atoms with E-state index in [1.807, 2.05) is 6.07 Å². The van der Waals surface area contributed by atoms with E-state index in [1.165, 1.54) is 18.4 Å². The number of hydrogen-bond acceptors (Lipinski definition) is 2. The quantitative estimate of drug-likeness (QED) is 0.783. The van der Waals surface area contributed by atoms with Gasteiger partial charge >= 0.3 is 0 Å². The number of rotatable bonds is 1. The van der Waals surface area contributed by atoms with Crippen molar-refractivity contribution in [2.75, 3.05) is 5.73 Å². The van der Waals surface area contributed by atoms with Crippen LogP contribution in [-0.4, -0.2) is 9.81 Å². The molecule has 0 aliphatic heterocycles. The average molecular weight is 255 g/mol. The molecule has 1 saturated carbocycles. The predicted molar refractivity (Wildman–Crippen MR) is 62.5 cm³/mol. The minimum atomic E-state index is 0.577. The molecule has 1 fully saturated rings. The second kappa shape index (κ2) is 3.89. The van der Waals surface area contributed by atoms with Gasteiger partial charge in [-0.3, -0.25) is 0 Å². The molecule has 2 rings (SSSR count). The van der Waals surface area contributed by atoms with E-state index in [0.29, 0.717) is 22.5 Å². The number of nitrogens with two attached hydrogens (primary N) is 1. The van der Waals surface area contributed by atoms with Crippen molar-refractivity contribution in [1.29, 1.82) is 0 Å². The van der Waals surface area contributed by atoms with Crippen molar-refractivity contribution in [1.82, 2.24) is 4.98 Å². The summed E-state index contributed by atoms with van der Waals surface area (Å²) in [5.41, 5.74) is 7.11. The number of halogens is 1. The summed E-state index contributed by atoms with van der Waals surface area (Å²) in [7, 11) is 0. The van der Waals surface area contributed by atoms with Gasteiger partial charge in [0, 0.05) is 11.0 Å². The topological polar surface area (TPSA) is 38.9 Å². The number of pyridine rings is 1. The van der Waals surface area contributed by atoms with Gasteiger partial charge in [0.15, 0.2) is 0 Å². The maximum atomic E-state index is 5.88. The van der Waals surface area contributed by atoms with Crippen LogP contribution in [0, 0.1) is 5.92 Å². The molecule has 3 atom stereocenters. The van der Waals surface area contributed by atoms with Gasteiger partial charge in [-0.15, -0.1) is 0 Å². The fourth-order valence-electron chi connectivity index (χ4n) is 2.30. The third kappa shape index (κ3) is 1.65. The van der Waals surface area contributed by atoms with Crippen LogP contribution in [0.2, 0.25) is 0 Å². The van der Waals surface area contributed by atoms with E-state index >= 15 is 0 Å². The van der Waals surface area contributed by atoms with Crippen LogP contribution in [0.5, 0.6) is 0 Å². The van der Waals surface area contributed by atoms with Crippen LogP contribution in [0.1, 0.15) is 31.2 Å². The highest BCUT2D eigenvalue weighted by atomic mass is 79.9. The Labute approximate surface area is 93.0 Å². The van der Waals surface area contributed by atoms with E-state index in [0.717, 1.165) is 0 Å². The molecule has 3 heteroatoms. The maximum absolute atomic E-state index is 5.88. The highest BCUT2D eigenvalue weighted by Crippen LogP contribution is 2.43. The van der Waals surface area contributed by atoms with Crippen LogP contribution in [0.4, 0.5) is 5.82 Å². The third-order valence-corrected chi connectivity index (χ3v) is 4.52. The molecule has 0 spiro atoms. The molecule has 1 heterocycles. The van der Waals surface area contributed by atoms with Crippen molar-refractivity contribution in [3.8, 4) is 0 Å². The standard InChI is InChI=1S/C11H15BrN2/c1-7-8(4-5-10(7)12)9-3-2-6-14-11(9)13/h2-3,6-8,10H,4-5H2,1H3,(H2,13,14). The lowest BCUT2D eigenvalue weighted by molar-refractivity contribution is 0.545. The van der Waals surface area contributed by atoms with Crippen LogP contribution in [0.3, 0.4) is 0 Å². The fraction of sp³-hybridized carbons (Fsp3) is 0.545. The number of aromatic nitrogens is 1. The van der Waals surface area contributed by atoms with Crippen LogP contribution < -0.4 is 5.73 Å². The van der Waals surface area contributed by atoms with Crippen LogP contribution >= 0.6 is 15.9 Å². The lowest BCUT2D eigenvalue weighted by Crippen LogP contribution is -2.11. The summed E-state index contributed by atoms with van der Waals surface area (Å²) >= 11 is 3.70.